The van der Waals surface area contributed by atoms with Gasteiger partial charge in [-0.1, -0.05) is 0 Å². The van der Waals surface area contributed by atoms with Crippen molar-refractivity contribution in [2.45, 2.75) is 6.61 Å². The molecule has 0 bridgehead atoms. The molecule has 0 atom stereocenters. The van der Waals surface area contributed by atoms with E-state index in [0.717, 1.165) is 6.20 Å². The van der Waals surface area contributed by atoms with Crippen molar-refractivity contribution in [3.63, 3.8) is 0 Å². The summed E-state index contributed by atoms with van der Waals surface area (Å²) in [5.74, 6) is 1.31. The van der Waals surface area contributed by atoms with Crippen LogP contribution in [0.3, 0.4) is 0 Å². The highest BCUT2D eigenvalue weighted by Gasteiger charge is 2.15. The van der Waals surface area contributed by atoms with E-state index in [1.807, 2.05) is 0 Å². The second-order valence-electron chi connectivity index (χ2n) is 3.89. The maximum absolute atomic E-state index is 13.0. The van der Waals surface area contributed by atoms with Gasteiger partial charge in [0.25, 0.3) is 0 Å². The van der Waals surface area contributed by atoms with E-state index in [1.165, 1.54) is 6.07 Å². The van der Waals surface area contributed by atoms with Crippen LogP contribution in [0.5, 0.6) is 23.1 Å². The molecule has 2 aromatic rings. The van der Waals surface area contributed by atoms with Crippen LogP contribution in [0.2, 0.25) is 0 Å². The lowest BCUT2D eigenvalue weighted by Gasteiger charge is -2.08. The number of hydrogen-bond donors (Lipinski definition) is 1. The van der Waals surface area contributed by atoms with Crippen molar-refractivity contribution in [3.05, 3.63) is 41.8 Å². The molecule has 2 heterocycles. The quantitative estimate of drug-likeness (QED) is 0.920. The first kappa shape index (κ1) is 11.7. The molecule has 5 nitrogen and oxygen atoms in total. The summed E-state index contributed by atoms with van der Waals surface area (Å²) in [6, 6.07) is 6.21. The first-order chi connectivity index (χ1) is 9.26. The van der Waals surface area contributed by atoms with Gasteiger partial charge in [0, 0.05) is 11.6 Å². The molecule has 0 fully saturated rings. The molecule has 1 aromatic carbocycles. The largest absolute Gasteiger partial charge is 0.454 e. The van der Waals surface area contributed by atoms with Crippen LogP contribution in [0, 0.1) is 5.82 Å². The third-order valence-electron chi connectivity index (χ3n) is 2.62. The van der Waals surface area contributed by atoms with Gasteiger partial charge < -0.3 is 19.3 Å². The maximum atomic E-state index is 13.0. The Balaban J connectivity index is 1.89. The number of benzene rings is 1. The van der Waals surface area contributed by atoms with Crippen molar-refractivity contribution in [2.75, 3.05) is 6.79 Å². The Morgan fingerprint density at radius 2 is 2.11 bits per heavy atom. The van der Waals surface area contributed by atoms with Gasteiger partial charge in [0.2, 0.25) is 12.7 Å². The molecule has 0 aliphatic carbocycles. The summed E-state index contributed by atoms with van der Waals surface area (Å²) in [6.45, 7) is -0.180. The molecule has 1 aliphatic rings. The fourth-order valence-electron chi connectivity index (χ4n) is 1.73. The molecule has 0 radical (unpaired) electrons. The van der Waals surface area contributed by atoms with Crippen LogP contribution in [0.4, 0.5) is 4.39 Å². The Labute approximate surface area is 108 Å². The van der Waals surface area contributed by atoms with Crippen molar-refractivity contribution >= 4 is 0 Å². The number of nitrogens with zero attached hydrogens (tertiary/aromatic N) is 1. The summed E-state index contributed by atoms with van der Waals surface area (Å²) in [6.07, 6.45) is 1.03. The second-order valence-corrected chi connectivity index (χ2v) is 3.89. The van der Waals surface area contributed by atoms with E-state index in [2.05, 4.69) is 4.98 Å². The van der Waals surface area contributed by atoms with Crippen LogP contribution < -0.4 is 14.2 Å². The summed E-state index contributed by atoms with van der Waals surface area (Å²) in [4.78, 5) is 3.81. The predicted molar refractivity (Wildman–Crippen MR) is 62.8 cm³/mol. The Morgan fingerprint density at radius 1 is 1.26 bits per heavy atom. The van der Waals surface area contributed by atoms with Crippen molar-refractivity contribution in [1.29, 1.82) is 0 Å². The van der Waals surface area contributed by atoms with Crippen LogP contribution in [0.15, 0.2) is 30.5 Å². The Morgan fingerprint density at radius 3 is 2.95 bits per heavy atom. The molecule has 0 unspecified atom stereocenters. The molecule has 0 amide bonds. The van der Waals surface area contributed by atoms with Gasteiger partial charge in [-0.25, -0.2) is 9.37 Å². The fourth-order valence-corrected chi connectivity index (χ4v) is 1.73. The Hall–Kier alpha value is -2.34. The number of hydrogen-bond acceptors (Lipinski definition) is 5. The van der Waals surface area contributed by atoms with Crippen LogP contribution in [-0.2, 0) is 6.61 Å². The van der Waals surface area contributed by atoms with Gasteiger partial charge in [-0.3, -0.25) is 0 Å². The molecule has 3 rings (SSSR count). The average Bonchev–Trinajstić information content (AvgIpc) is 2.88. The summed E-state index contributed by atoms with van der Waals surface area (Å²) in [5, 5.41) is 9.14. The summed E-state index contributed by atoms with van der Waals surface area (Å²) in [5.41, 5.74) is 0.276. The number of aliphatic hydroxyl groups excluding tert-OH is 1. The highest BCUT2D eigenvalue weighted by Crippen LogP contribution is 2.36. The minimum Gasteiger partial charge on any atom is -0.454 e. The summed E-state index contributed by atoms with van der Waals surface area (Å²) in [7, 11) is 0. The highest BCUT2D eigenvalue weighted by molar-refractivity contribution is 5.48. The van der Waals surface area contributed by atoms with Gasteiger partial charge in [-0.05, 0) is 18.2 Å². The molecular formula is C13H10FNO4. The van der Waals surface area contributed by atoms with E-state index in [-0.39, 0.29) is 24.8 Å². The number of pyridine rings is 1. The van der Waals surface area contributed by atoms with Gasteiger partial charge in [0.05, 0.1) is 12.8 Å². The van der Waals surface area contributed by atoms with E-state index in [0.29, 0.717) is 17.2 Å². The minimum absolute atomic E-state index is 0.155. The van der Waals surface area contributed by atoms with Gasteiger partial charge >= 0.3 is 0 Å². The number of fused-ring (bicyclic) bond motifs is 1. The lowest BCUT2D eigenvalue weighted by molar-refractivity contribution is 0.174. The van der Waals surface area contributed by atoms with Gasteiger partial charge in [0.15, 0.2) is 11.5 Å². The lowest BCUT2D eigenvalue weighted by atomic mass is 10.2. The zero-order valence-corrected chi connectivity index (χ0v) is 9.80. The number of rotatable bonds is 3. The summed E-state index contributed by atoms with van der Waals surface area (Å²) < 4.78 is 28.9. The maximum Gasteiger partial charge on any atom is 0.231 e. The van der Waals surface area contributed by atoms with Crippen molar-refractivity contribution < 1.29 is 23.7 Å². The minimum atomic E-state index is -0.526. The number of aliphatic hydroxyl groups is 1. The van der Waals surface area contributed by atoms with E-state index in [4.69, 9.17) is 19.3 Å². The van der Waals surface area contributed by atoms with E-state index >= 15 is 0 Å². The number of aromatic nitrogens is 1. The molecule has 19 heavy (non-hydrogen) atoms. The molecule has 1 N–H and O–H groups in total. The SMILES string of the molecule is OCc1cc(F)cnc1Oc1ccc2c(c1)OCO2. The zero-order valence-electron chi connectivity index (χ0n) is 9.80. The average molecular weight is 263 g/mol. The van der Waals surface area contributed by atoms with Crippen LogP contribution in [-0.4, -0.2) is 16.9 Å². The van der Waals surface area contributed by atoms with Crippen molar-refractivity contribution in [2.24, 2.45) is 0 Å². The standard InChI is InChI=1S/C13H10FNO4/c14-9-3-8(6-16)13(15-5-9)19-10-1-2-11-12(4-10)18-7-17-11/h1-5,16H,6-7H2. The zero-order chi connectivity index (χ0) is 13.2. The molecule has 6 heteroatoms. The Kier molecular flexibility index (Phi) is 2.92. The molecule has 0 saturated heterocycles. The second kappa shape index (κ2) is 4.74. The van der Waals surface area contributed by atoms with Crippen LogP contribution >= 0.6 is 0 Å². The third kappa shape index (κ3) is 2.30. The van der Waals surface area contributed by atoms with E-state index in [9.17, 15) is 4.39 Å². The molecule has 1 aliphatic heterocycles. The first-order valence-corrected chi connectivity index (χ1v) is 5.59. The van der Waals surface area contributed by atoms with E-state index < -0.39 is 5.82 Å². The number of ether oxygens (including phenoxy) is 3. The summed E-state index contributed by atoms with van der Waals surface area (Å²) >= 11 is 0. The molecule has 0 spiro atoms. The van der Waals surface area contributed by atoms with Gasteiger partial charge in [-0.2, -0.15) is 0 Å². The van der Waals surface area contributed by atoms with Crippen LogP contribution in [0.1, 0.15) is 5.56 Å². The van der Waals surface area contributed by atoms with Crippen LogP contribution in [0.25, 0.3) is 0 Å². The molecule has 1 aromatic heterocycles. The normalized spacial score (nSPS) is 12.5. The highest BCUT2D eigenvalue weighted by atomic mass is 19.1. The molecule has 0 saturated carbocycles. The smallest absolute Gasteiger partial charge is 0.231 e. The predicted octanol–water partition coefficient (Wildman–Crippen LogP) is 2.23. The first-order valence-electron chi connectivity index (χ1n) is 5.59. The van der Waals surface area contributed by atoms with E-state index in [1.54, 1.807) is 18.2 Å². The Bertz CT molecular complexity index is 618. The van der Waals surface area contributed by atoms with Gasteiger partial charge in [0.1, 0.15) is 11.6 Å². The fraction of sp³-hybridized carbons (Fsp3) is 0.154. The van der Waals surface area contributed by atoms with Gasteiger partial charge in [-0.15, -0.1) is 0 Å². The molecule has 98 valence electrons. The van der Waals surface area contributed by atoms with Crippen molar-refractivity contribution in [1.82, 2.24) is 4.98 Å². The monoisotopic (exact) mass is 263 g/mol. The lowest BCUT2D eigenvalue weighted by Crippen LogP contribution is -1.96. The van der Waals surface area contributed by atoms with Crippen molar-refractivity contribution in [3.8, 4) is 23.1 Å². The topological polar surface area (TPSA) is 60.8 Å². The number of halogens is 1. The molecular weight excluding hydrogens is 253 g/mol. The third-order valence-corrected chi connectivity index (χ3v) is 2.62.